The van der Waals surface area contributed by atoms with E-state index in [9.17, 15) is 24.0 Å². The fraction of sp³-hybridized carbons (Fsp3) is 0.194. The van der Waals surface area contributed by atoms with Gasteiger partial charge < -0.3 is 4.74 Å². The summed E-state index contributed by atoms with van der Waals surface area (Å²) >= 11 is 6.26. The number of hydrogen-bond donors (Lipinski definition) is 0. The van der Waals surface area contributed by atoms with Crippen LogP contribution in [0.5, 0.6) is 5.75 Å². The minimum absolute atomic E-state index is 0.0592. The maximum Gasteiger partial charge on any atom is 0.343 e. The second kappa shape index (κ2) is 11.3. The third-order valence-corrected chi connectivity index (χ3v) is 7.36. The van der Waals surface area contributed by atoms with Crippen LogP contribution in [0.3, 0.4) is 0 Å². The predicted octanol–water partition coefficient (Wildman–Crippen LogP) is 5.06. The van der Waals surface area contributed by atoms with Crippen LogP contribution in [-0.4, -0.2) is 46.0 Å². The van der Waals surface area contributed by atoms with Gasteiger partial charge in [-0.25, -0.2) is 9.80 Å². The van der Waals surface area contributed by atoms with Crippen molar-refractivity contribution in [3.63, 3.8) is 0 Å². The third kappa shape index (κ3) is 5.31. The Morgan fingerprint density at radius 3 is 2.02 bits per heavy atom. The number of allylic oxidation sites excluding steroid dienone is 2. The summed E-state index contributed by atoms with van der Waals surface area (Å²) in [7, 11) is 0. The number of nitrogens with zero attached hydrogens (tertiary/aromatic N) is 2. The van der Waals surface area contributed by atoms with Gasteiger partial charge in [-0.15, -0.1) is 0 Å². The molecule has 9 heteroatoms. The van der Waals surface area contributed by atoms with Crippen molar-refractivity contribution in [2.75, 3.05) is 6.54 Å². The third-order valence-electron chi connectivity index (χ3n) is 7.03. The number of ether oxygens (including phenoxy) is 1. The summed E-state index contributed by atoms with van der Waals surface area (Å²) in [4.78, 5) is 66.0. The van der Waals surface area contributed by atoms with Crippen molar-refractivity contribution >= 4 is 41.1 Å². The van der Waals surface area contributed by atoms with E-state index in [0.29, 0.717) is 18.4 Å². The van der Waals surface area contributed by atoms with Crippen molar-refractivity contribution < 1.29 is 28.7 Å². The molecule has 40 heavy (non-hydrogen) atoms. The van der Waals surface area contributed by atoms with Crippen LogP contribution in [0.1, 0.15) is 49.5 Å². The topological polar surface area (TPSA) is 101 Å². The molecule has 1 heterocycles. The molecule has 2 atom stereocenters. The minimum atomic E-state index is -0.740. The summed E-state index contributed by atoms with van der Waals surface area (Å²) < 4.78 is 5.40. The molecule has 2 aliphatic rings. The number of halogens is 1. The highest BCUT2D eigenvalue weighted by Gasteiger charge is 2.51. The van der Waals surface area contributed by atoms with Gasteiger partial charge in [0.2, 0.25) is 0 Å². The number of hydrazine groups is 1. The highest BCUT2D eigenvalue weighted by molar-refractivity contribution is 6.34. The van der Waals surface area contributed by atoms with Gasteiger partial charge in [0.25, 0.3) is 17.7 Å². The lowest BCUT2D eigenvalue weighted by Gasteiger charge is -2.30. The second-order valence-corrected chi connectivity index (χ2v) is 10.1. The molecule has 202 valence electrons. The van der Waals surface area contributed by atoms with Crippen LogP contribution >= 0.6 is 11.6 Å². The maximum absolute atomic E-state index is 13.6. The van der Waals surface area contributed by atoms with E-state index in [4.69, 9.17) is 16.3 Å². The lowest BCUT2D eigenvalue weighted by molar-refractivity contribution is -0.154. The molecule has 1 fully saturated rings. The number of fused-ring (bicyclic) bond motifs is 1. The molecule has 5 rings (SSSR count). The molecule has 1 saturated heterocycles. The van der Waals surface area contributed by atoms with Crippen molar-refractivity contribution in [1.29, 1.82) is 0 Å². The molecule has 0 radical (unpaired) electrons. The Bertz CT molecular complexity index is 1500. The summed E-state index contributed by atoms with van der Waals surface area (Å²) in [6.07, 6.45) is 4.45. The first-order valence-electron chi connectivity index (χ1n) is 12.8. The van der Waals surface area contributed by atoms with Crippen LogP contribution in [-0.2, 0) is 9.59 Å². The Kier molecular flexibility index (Phi) is 7.62. The van der Waals surface area contributed by atoms with Crippen LogP contribution in [0.4, 0.5) is 0 Å². The van der Waals surface area contributed by atoms with Crippen molar-refractivity contribution in [2.24, 2.45) is 11.8 Å². The minimum Gasteiger partial charge on any atom is -0.423 e. The number of ketones is 1. The van der Waals surface area contributed by atoms with Crippen LogP contribution in [0.25, 0.3) is 0 Å². The number of Topliss-reactive ketones (excluding diaryl/α,β-unsaturated/α-hetero) is 1. The van der Waals surface area contributed by atoms with E-state index in [-0.39, 0.29) is 21.9 Å². The summed E-state index contributed by atoms with van der Waals surface area (Å²) in [5.74, 6) is -3.79. The van der Waals surface area contributed by atoms with Gasteiger partial charge in [0, 0.05) is 5.56 Å². The summed E-state index contributed by atoms with van der Waals surface area (Å²) in [6, 6.07) is 19.0. The number of amides is 3. The fourth-order valence-electron chi connectivity index (χ4n) is 4.82. The average molecular weight is 557 g/mol. The number of carbonyl (C=O) groups is 5. The lowest BCUT2D eigenvalue weighted by Crippen LogP contribution is -2.52. The predicted molar refractivity (Wildman–Crippen MR) is 147 cm³/mol. The van der Waals surface area contributed by atoms with Crippen molar-refractivity contribution in [3.8, 4) is 5.75 Å². The number of carbonyl (C=O) groups excluding carboxylic acids is 5. The number of aryl methyl sites for hydroxylation is 1. The molecule has 0 saturated carbocycles. The number of imide groups is 1. The smallest absolute Gasteiger partial charge is 0.343 e. The largest absolute Gasteiger partial charge is 0.423 e. The Hall–Kier alpha value is -4.56. The zero-order valence-corrected chi connectivity index (χ0v) is 22.3. The molecular weight excluding hydrogens is 532 g/mol. The highest BCUT2D eigenvalue weighted by Crippen LogP contribution is 2.36. The molecule has 3 amide bonds. The van der Waals surface area contributed by atoms with E-state index in [0.717, 1.165) is 15.6 Å². The number of hydrogen-bond acceptors (Lipinski definition) is 6. The first-order chi connectivity index (χ1) is 19.2. The van der Waals surface area contributed by atoms with Gasteiger partial charge in [-0.3, -0.25) is 19.2 Å². The van der Waals surface area contributed by atoms with Crippen molar-refractivity contribution in [2.45, 2.75) is 19.8 Å². The van der Waals surface area contributed by atoms with E-state index in [1.54, 1.807) is 36.4 Å². The summed E-state index contributed by atoms with van der Waals surface area (Å²) in [5, 5.41) is 1.82. The van der Waals surface area contributed by atoms with Crippen LogP contribution < -0.4 is 4.74 Å². The number of esters is 1. The molecule has 1 aliphatic carbocycles. The first-order valence-corrected chi connectivity index (χ1v) is 13.1. The molecule has 1 aliphatic heterocycles. The molecule has 3 aromatic carbocycles. The number of benzene rings is 3. The molecule has 8 nitrogen and oxygen atoms in total. The Balaban J connectivity index is 1.37. The molecule has 0 aromatic heterocycles. The van der Waals surface area contributed by atoms with Gasteiger partial charge >= 0.3 is 5.97 Å². The standard InChI is InChI=1S/C31H25ClN2O6/c1-19-10-12-21(13-11-19)31(39)40-22-16-14-20(15-17-22)27(35)18-33(28(36)25-8-4-5-9-26(25)32)34-29(37)23-6-2-3-7-24(23)30(34)38/h2-5,8-17,23-24H,6-7,18H2,1H3/t23-,24-/m0/s1. The van der Waals surface area contributed by atoms with Gasteiger partial charge in [0.1, 0.15) is 12.3 Å². The van der Waals surface area contributed by atoms with Crippen molar-refractivity contribution in [3.05, 3.63) is 112 Å². The van der Waals surface area contributed by atoms with Gasteiger partial charge in [0.15, 0.2) is 5.78 Å². The van der Waals surface area contributed by atoms with Gasteiger partial charge in [0.05, 0.1) is 28.0 Å². The second-order valence-electron chi connectivity index (χ2n) is 9.69. The first kappa shape index (κ1) is 27.0. The van der Waals surface area contributed by atoms with Gasteiger partial charge in [-0.2, -0.15) is 5.01 Å². The molecule has 0 unspecified atom stereocenters. The SMILES string of the molecule is Cc1ccc(C(=O)Oc2ccc(C(=O)CN(C(=O)c3ccccc3Cl)N3C(=O)[C@H]4CC=CC[C@@H]4C3=O)cc2)cc1. The van der Waals surface area contributed by atoms with Crippen LogP contribution in [0, 0.1) is 18.8 Å². The van der Waals surface area contributed by atoms with E-state index in [1.165, 1.54) is 36.4 Å². The molecule has 0 N–H and O–H groups in total. The van der Waals surface area contributed by atoms with Gasteiger partial charge in [-0.1, -0.05) is 53.6 Å². The van der Waals surface area contributed by atoms with E-state index in [2.05, 4.69) is 0 Å². The highest BCUT2D eigenvalue weighted by atomic mass is 35.5. The quantitative estimate of drug-likeness (QED) is 0.133. The summed E-state index contributed by atoms with van der Waals surface area (Å²) in [6.45, 7) is 1.34. The summed E-state index contributed by atoms with van der Waals surface area (Å²) in [5.41, 5.74) is 1.65. The Morgan fingerprint density at radius 2 is 1.43 bits per heavy atom. The maximum atomic E-state index is 13.6. The van der Waals surface area contributed by atoms with E-state index >= 15 is 0 Å². The van der Waals surface area contributed by atoms with E-state index < -0.39 is 47.9 Å². The molecule has 0 spiro atoms. The molecule has 0 bridgehead atoms. The molecular formula is C31H25ClN2O6. The zero-order chi connectivity index (χ0) is 28.4. The zero-order valence-electron chi connectivity index (χ0n) is 21.6. The van der Waals surface area contributed by atoms with Gasteiger partial charge in [-0.05, 0) is 68.3 Å². The van der Waals surface area contributed by atoms with Crippen molar-refractivity contribution in [1.82, 2.24) is 10.0 Å². The number of rotatable bonds is 7. The monoisotopic (exact) mass is 556 g/mol. The normalized spacial score (nSPS) is 17.9. The Morgan fingerprint density at radius 1 is 0.850 bits per heavy atom. The van der Waals surface area contributed by atoms with Crippen LogP contribution in [0.15, 0.2) is 84.9 Å². The van der Waals surface area contributed by atoms with E-state index in [1.807, 2.05) is 19.1 Å². The average Bonchev–Trinajstić information content (AvgIpc) is 3.21. The van der Waals surface area contributed by atoms with Crippen LogP contribution in [0.2, 0.25) is 5.02 Å². The molecule has 3 aromatic rings. The fourth-order valence-corrected chi connectivity index (χ4v) is 5.04. The Labute approximate surface area is 235 Å². The lowest BCUT2D eigenvalue weighted by atomic mass is 9.85.